The molecule has 1 atom stereocenters. The number of hydrogen-bond acceptors (Lipinski definition) is 1. The van der Waals surface area contributed by atoms with Crippen LogP contribution in [0.4, 0.5) is 4.39 Å². The first-order valence-corrected chi connectivity index (χ1v) is 8.19. The molecule has 0 heterocycles. The van der Waals surface area contributed by atoms with Crippen LogP contribution in [-0.2, 0) is 12.8 Å². The van der Waals surface area contributed by atoms with Crippen molar-refractivity contribution in [3.8, 4) is 0 Å². The molecule has 2 rings (SSSR count). The van der Waals surface area contributed by atoms with Crippen molar-refractivity contribution >= 4 is 15.9 Å². The van der Waals surface area contributed by atoms with E-state index in [0.29, 0.717) is 6.04 Å². The highest BCUT2D eigenvalue weighted by molar-refractivity contribution is 9.10. The Labute approximate surface area is 134 Å². The monoisotopic (exact) mass is 349 g/mol. The van der Waals surface area contributed by atoms with Gasteiger partial charge >= 0.3 is 0 Å². The van der Waals surface area contributed by atoms with Crippen molar-refractivity contribution in [2.45, 2.75) is 32.2 Å². The van der Waals surface area contributed by atoms with E-state index in [1.165, 1.54) is 11.6 Å². The van der Waals surface area contributed by atoms with E-state index in [9.17, 15) is 4.39 Å². The smallest absolute Gasteiger partial charge is 0.123 e. The van der Waals surface area contributed by atoms with E-state index in [1.807, 2.05) is 12.1 Å². The van der Waals surface area contributed by atoms with Crippen molar-refractivity contribution in [3.63, 3.8) is 0 Å². The maximum absolute atomic E-state index is 13.3. The zero-order chi connectivity index (χ0) is 15.1. The Morgan fingerprint density at radius 1 is 1.05 bits per heavy atom. The molecule has 0 saturated heterocycles. The van der Waals surface area contributed by atoms with Gasteiger partial charge in [-0.25, -0.2) is 4.39 Å². The summed E-state index contributed by atoms with van der Waals surface area (Å²) in [6, 6.07) is 15.6. The van der Waals surface area contributed by atoms with Crippen LogP contribution in [0, 0.1) is 5.82 Å². The summed E-state index contributed by atoms with van der Waals surface area (Å²) in [7, 11) is 0. The van der Waals surface area contributed by atoms with E-state index in [-0.39, 0.29) is 5.82 Å². The molecule has 0 aliphatic rings. The van der Waals surface area contributed by atoms with E-state index in [2.05, 4.69) is 46.4 Å². The van der Waals surface area contributed by atoms with Crippen LogP contribution in [0.2, 0.25) is 0 Å². The van der Waals surface area contributed by atoms with Crippen molar-refractivity contribution in [2.24, 2.45) is 0 Å². The molecule has 0 radical (unpaired) electrons. The second-order valence-corrected chi connectivity index (χ2v) is 6.23. The molecule has 112 valence electrons. The third-order valence-electron chi connectivity index (χ3n) is 3.43. The Hall–Kier alpha value is -1.19. The van der Waals surface area contributed by atoms with Crippen molar-refractivity contribution in [3.05, 3.63) is 69.9 Å². The zero-order valence-electron chi connectivity index (χ0n) is 12.3. The zero-order valence-corrected chi connectivity index (χ0v) is 13.9. The molecular formula is C18H21BrFN. The van der Waals surface area contributed by atoms with Crippen LogP contribution in [0.1, 0.15) is 24.5 Å². The summed E-state index contributed by atoms with van der Waals surface area (Å²) in [6.45, 7) is 3.14. The van der Waals surface area contributed by atoms with E-state index in [0.717, 1.165) is 35.8 Å². The minimum atomic E-state index is -0.163. The number of nitrogens with one attached hydrogen (secondary N) is 1. The lowest BCUT2D eigenvalue weighted by atomic mass is 9.99. The minimum absolute atomic E-state index is 0.163. The maximum atomic E-state index is 13.3. The van der Waals surface area contributed by atoms with Gasteiger partial charge in [0.15, 0.2) is 0 Å². The van der Waals surface area contributed by atoms with Crippen molar-refractivity contribution in [1.29, 1.82) is 0 Å². The number of halogens is 2. The van der Waals surface area contributed by atoms with E-state index in [1.54, 1.807) is 12.1 Å². The summed E-state index contributed by atoms with van der Waals surface area (Å²) in [5.41, 5.74) is 2.33. The van der Waals surface area contributed by atoms with Crippen molar-refractivity contribution in [1.82, 2.24) is 5.32 Å². The molecule has 0 saturated carbocycles. The first-order chi connectivity index (χ1) is 10.2. The molecule has 0 amide bonds. The van der Waals surface area contributed by atoms with Crippen LogP contribution in [0.15, 0.2) is 53.0 Å². The van der Waals surface area contributed by atoms with Crippen LogP contribution in [0.5, 0.6) is 0 Å². The predicted octanol–water partition coefficient (Wildman–Crippen LogP) is 4.74. The summed E-state index contributed by atoms with van der Waals surface area (Å²) >= 11 is 3.51. The highest BCUT2D eigenvalue weighted by Crippen LogP contribution is 2.15. The molecular weight excluding hydrogens is 329 g/mol. The molecule has 2 aromatic rings. The van der Waals surface area contributed by atoms with Gasteiger partial charge in [-0.1, -0.05) is 47.1 Å². The minimum Gasteiger partial charge on any atom is -0.313 e. The maximum Gasteiger partial charge on any atom is 0.123 e. The first kappa shape index (κ1) is 16.2. The van der Waals surface area contributed by atoms with Gasteiger partial charge in [0, 0.05) is 10.5 Å². The number of rotatable bonds is 7. The highest BCUT2D eigenvalue weighted by Gasteiger charge is 2.10. The van der Waals surface area contributed by atoms with Crippen LogP contribution in [0.3, 0.4) is 0 Å². The van der Waals surface area contributed by atoms with Gasteiger partial charge in [-0.15, -0.1) is 0 Å². The standard InChI is InChI=1S/C18H21BrFN/c1-2-9-21-18(12-14-5-3-7-16(19)10-14)13-15-6-4-8-17(20)11-15/h3-8,10-11,18,21H,2,9,12-13H2,1H3. The molecule has 0 aromatic heterocycles. The predicted molar refractivity (Wildman–Crippen MR) is 90.0 cm³/mol. The summed E-state index contributed by atoms with van der Waals surface area (Å²) in [6.07, 6.45) is 2.87. The first-order valence-electron chi connectivity index (χ1n) is 7.39. The van der Waals surface area contributed by atoms with Gasteiger partial charge < -0.3 is 5.32 Å². The van der Waals surface area contributed by atoms with E-state index < -0.39 is 0 Å². The van der Waals surface area contributed by atoms with Crippen LogP contribution in [-0.4, -0.2) is 12.6 Å². The molecule has 3 heteroatoms. The quantitative estimate of drug-likeness (QED) is 0.760. The molecule has 2 aromatic carbocycles. The van der Waals surface area contributed by atoms with Gasteiger partial charge in [0.2, 0.25) is 0 Å². The lowest BCUT2D eigenvalue weighted by molar-refractivity contribution is 0.503. The van der Waals surface area contributed by atoms with Gasteiger partial charge in [-0.05, 0) is 61.2 Å². The second-order valence-electron chi connectivity index (χ2n) is 5.32. The molecule has 0 fully saturated rings. The van der Waals surface area contributed by atoms with Gasteiger partial charge in [-0.2, -0.15) is 0 Å². The fourth-order valence-electron chi connectivity index (χ4n) is 2.46. The van der Waals surface area contributed by atoms with Crippen molar-refractivity contribution in [2.75, 3.05) is 6.54 Å². The molecule has 0 aliphatic heterocycles. The molecule has 0 spiro atoms. The third-order valence-corrected chi connectivity index (χ3v) is 3.92. The van der Waals surface area contributed by atoms with Gasteiger partial charge in [0.05, 0.1) is 0 Å². The van der Waals surface area contributed by atoms with Gasteiger partial charge in [0.25, 0.3) is 0 Å². The Morgan fingerprint density at radius 3 is 2.33 bits per heavy atom. The van der Waals surface area contributed by atoms with Crippen LogP contribution in [0.25, 0.3) is 0 Å². The Balaban J connectivity index is 2.06. The Kier molecular flexibility index (Phi) is 6.40. The summed E-state index contributed by atoms with van der Waals surface area (Å²) in [5, 5.41) is 3.57. The molecule has 1 unspecified atom stereocenters. The molecule has 1 N–H and O–H groups in total. The normalized spacial score (nSPS) is 12.3. The van der Waals surface area contributed by atoms with Gasteiger partial charge in [0.1, 0.15) is 5.82 Å². The van der Waals surface area contributed by atoms with Crippen LogP contribution >= 0.6 is 15.9 Å². The van der Waals surface area contributed by atoms with E-state index >= 15 is 0 Å². The number of benzene rings is 2. The lowest BCUT2D eigenvalue weighted by Gasteiger charge is -2.19. The number of hydrogen-bond donors (Lipinski definition) is 1. The van der Waals surface area contributed by atoms with Gasteiger partial charge in [-0.3, -0.25) is 0 Å². The Morgan fingerprint density at radius 2 is 1.71 bits per heavy atom. The van der Waals surface area contributed by atoms with Crippen molar-refractivity contribution < 1.29 is 4.39 Å². The lowest BCUT2D eigenvalue weighted by Crippen LogP contribution is -2.33. The summed E-state index contributed by atoms with van der Waals surface area (Å²) in [5.74, 6) is -0.163. The van der Waals surface area contributed by atoms with E-state index in [4.69, 9.17) is 0 Å². The second kappa shape index (κ2) is 8.30. The average Bonchev–Trinajstić information content (AvgIpc) is 2.45. The summed E-state index contributed by atoms with van der Waals surface area (Å²) < 4.78 is 14.4. The molecule has 0 bridgehead atoms. The highest BCUT2D eigenvalue weighted by atomic mass is 79.9. The molecule has 21 heavy (non-hydrogen) atoms. The third kappa shape index (κ3) is 5.60. The Bertz CT molecular complexity index is 523. The fraction of sp³-hybridized carbons (Fsp3) is 0.333. The summed E-state index contributed by atoms with van der Waals surface area (Å²) in [4.78, 5) is 0. The molecule has 0 aliphatic carbocycles. The largest absolute Gasteiger partial charge is 0.313 e. The fourth-order valence-corrected chi connectivity index (χ4v) is 2.91. The SMILES string of the molecule is CCCNC(Cc1cccc(F)c1)Cc1cccc(Br)c1. The van der Waals surface area contributed by atoms with Crippen LogP contribution < -0.4 is 5.32 Å². The molecule has 1 nitrogen and oxygen atoms in total. The topological polar surface area (TPSA) is 12.0 Å². The average molecular weight is 350 g/mol.